The van der Waals surface area contributed by atoms with Gasteiger partial charge in [-0.2, -0.15) is 13.2 Å². The molecule has 0 aliphatic carbocycles. The first-order valence-corrected chi connectivity index (χ1v) is 9.43. The summed E-state index contributed by atoms with van der Waals surface area (Å²) >= 11 is 0. The first-order chi connectivity index (χ1) is 12.8. The summed E-state index contributed by atoms with van der Waals surface area (Å²) in [5, 5.41) is 9.49. The molecule has 1 N–H and O–H groups in total. The van der Waals surface area contributed by atoms with E-state index in [2.05, 4.69) is 0 Å². The van der Waals surface area contributed by atoms with Crippen LogP contribution < -0.4 is 4.74 Å². The van der Waals surface area contributed by atoms with E-state index in [4.69, 9.17) is 4.74 Å². The van der Waals surface area contributed by atoms with Gasteiger partial charge in [0.25, 0.3) is 0 Å². The molecular weight excluding hydrogens is 373 g/mol. The Balaban J connectivity index is 1.93. The van der Waals surface area contributed by atoms with Crippen LogP contribution in [0.3, 0.4) is 0 Å². The lowest BCUT2D eigenvalue weighted by molar-refractivity contribution is -0.326. The topological polar surface area (TPSA) is 29.5 Å². The van der Waals surface area contributed by atoms with Gasteiger partial charge in [0.1, 0.15) is 5.75 Å². The van der Waals surface area contributed by atoms with Crippen molar-refractivity contribution in [2.75, 3.05) is 0 Å². The summed E-state index contributed by atoms with van der Waals surface area (Å²) < 4.78 is 43.1. The van der Waals surface area contributed by atoms with Gasteiger partial charge in [0.15, 0.2) is 14.7 Å². The van der Waals surface area contributed by atoms with Crippen LogP contribution in [0.4, 0.5) is 13.2 Å². The molecular formula is C21H18F3O2S+. The van der Waals surface area contributed by atoms with Crippen molar-refractivity contribution in [3.05, 3.63) is 84.9 Å². The van der Waals surface area contributed by atoms with Crippen molar-refractivity contribution in [3.63, 3.8) is 0 Å². The number of hydrogen-bond donors (Lipinski definition) is 1. The first kappa shape index (κ1) is 19.3. The third-order valence-electron chi connectivity index (χ3n) is 3.86. The fourth-order valence-electron chi connectivity index (χ4n) is 2.45. The van der Waals surface area contributed by atoms with Crippen molar-refractivity contribution in [1.82, 2.24) is 0 Å². The van der Waals surface area contributed by atoms with E-state index in [1.807, 2.05) is 60.7 Å². The highest BCUT2D eigenvalue weighted by molar-refractivity contribution is 7.97. The lowest BCUT2D eigenvalue weighted by Gasteiger charge is -2.26. The number of hydrogen-bond acceptors (Lipinski definition) is 2. The molecule has 0 saturated carbocycles. The Labute approximate surface area is 158 Å². The number of aliphatic hydroxyl groups is 1. The molecule has 6 heteroatoms. The summed E-state index contributed by atoms with van der Waals surface area (Å²) in [4.78, 5) is 3.13. The van der Waals surface area contributed by atoms with Crippen LogP contribution in [0.25, 0.3) is 0 Å². The third kappa shape index (κ3) is 4.46. The third-order valence-corrected chi connectivity index (χ3v) is 6.09. The summed E-state index contributed by atoms with van der Waals surface area (Å²) in [5.41, 5.74) is 0. The fraction of sp³-hybridized carbons (Fsp3) is 0.143. The maximum Gasteiger partial charge on any atom is 0.454 e. The Bertz CT molecular complexity index is 824. The fourth-order valence-corrected chi connectivity index (χ4v) is 4.54. The molecule has 0 bridgehead atoms. The van der Waals surface area contributed by atoms with Gasteiger partial charge in [0, 0.05) is 6.92 Å². The molecule has 0 spiro atoms. The molecule has 3 rings (SSSR count). The van der Waals surface area contributed by atoms with E-state index in [9.17, 15) is 18.3 Å². The van der Waals surface area contributed by atoms with Crippen LogP contribution in [-0.4, -0.2) is 17.1 Å². The SMILES string of the molecule is CC(O)(Oc1ccc([S+](c2ccccc2)c2ccccc2)cc1)C(F)(F)F. The minimum atomic E-state index is -4.88. The Hall–Kier alpha value is -2.44. The molecule has 0 aliphatic rings. The number of ether oxygens (including phenoxy) is 1. The number of benzene rings is 3. The molecule has 0 fully saturated rings. The lowest BCUT2D eigenvalue weighted by Crippen LogP contribution is -2.47. The predicted molar refractivity (Wildman–Crippen MR) is 98.8 cm³/mol. The molecule has 1 unspecified atom stereocenters. The molecule has 2 nitrogen and oxygen atoms in total. The zero-order valence-corrected chi connectivity index (χ0v) is 15.3. The van der Waals surface area contributed by atoms with Gasteiger partial charge in [0.2, 0.25) is 0 Å². The van der Waals surface area contributed by atoms with E-state index < -0.39 is 22.9 Å². The van der Waals surface area contributed by atoms with Crippen molar-refractivity contribution < 1.29 is 23.0 Å². The molecule has 1 atom stereocenters. The Kier molecular flexibility index (Phi) is 5.48. The zero-order valence-electron chi connectivity index (χ0n) is 14.5. The number of halogens is 3. The second-order valence-electron chi connectivity index (χ2n) is 5.99. The maximum atomic E-state index is 12.8. The summed E-state index contributed by atoms with van der Waals surface area (Å²) in [6.07, 6.45) is -4.88. The van der Waals surface area contributed by atoms with Crippen LogP contribution >= 0.6 is 0 Å². The van der Waals surface area contributed by atoms with Crippen molar-refractivity contribution in [2.45, 2.75) is 33.6 Å². The van der Waals surface area contributed by atoms with Gasteiger partial charge in [-0.1, -0.05) is 36.4 Å². The second kappa shape index (κ2) is 7.66. The molecule has 3 aromatic rings. The largest absolute Gasteiger partial charge is 0.454 e. The van der Waals surface area contributed by atoms with Gasteiger partial charge in [-0.25, -0.2) is 0 Å². The van der Waals surface area contributed by atoms with E-state index in [1.54, 1.807) is 12.1 Å². The van der Waals surface area contributed by atoms with E-state index in [0.717, 1.165) is 14.7 Å². The number of alkyl halides is 3. The van der Waals surface area contributed by atoms with Crippen LogP contribution in [0, 0.1) is 0 Å². The average Bonchev–Trinajstić information content (AvgIpc) is 2.64. The highest BCUT2D eigenvalue weighted by Gasteiger charge is 2.52. The van der Waals surface area contributed by atoms with Gasteiger partial charge in [-0.15, -0.1) is 0 Å². The van der Waals surface area contributed by atoms with Crippen molar-refractivity contribution >= 4 is 10.9 Å². The van der Waals surface area contributed by atoms with Crippen LogP contribution in [0.15, 0.2) is 99.6 Å². The van der Waals surface area contributed by atoms with Gasteiger partial charge in [-0.3, -0.25) is 0 Å². The normalized spacial score (nSPS) is 14.0. The van der Waals surface area contributed by atoms with E-state index in [-0.39, 0.29) is 5.75 Å². The Morgan fingerprint density at radius 2 is 1.11 bits per heavy atom. The summed E-state index contributed by atoms with van der Waals surface area (Å²) in [6.45, 7) is 0.583. The van der Waals surface area contributed by atoms with Crippen LogP contribution in [0.1, 0.15) is 6.92 Å². The predicted octanol–water partition coefficient (Wildman–Crippen LogP) is 5.43. The van der Waals surface area contributed by atoms with Gasteiger partial charge in [0.05, 0.1) is 10.9 Å². The average molecular weight is 391 g/mol. The molecule has 0 saturated heterocycles. The molecule has 0 amide bonds. The molecule has 0 heterocycles. The van der Waals surface area contributed by atoms with Crippen molar-refractivity contribution in [1.29, 1.82) is 0 Å². The highest BCUT2D eigenvalue weighted by Crippen LogP contribution is 2.35. The van der Waals surface area contributed by atoms with Crippen LogP contribution in [0.2, 0.25) is 0 Å². The lowest BCUT2D eigenvalue weighted by atomic mass is 10.3. The van der Waals surface area contributed by atoms with Gasteiger partial charge < -0.3 is 9.84 Å². The Morgan fingerprint density at radius 3 is 1.52 bits per heavy atom. The van der Waals surface area contributed by atoms with E-state index >= 15 is 0 Å². The van der Waals surface area contributed by atoms with Gasteiger partial charge >= 0.3 is 12.0 Å². The molecule has 3 aromatic carbocycles. The molecule has 0 aliphatic heterocycles. The summed E-state index contributed by atoms with van der Waals surface area (Å²) in [5.74, 6) is -3.29. The molecule has 140 valence electrons. The highest BCUT2D eigenvalue weighted by atomic mass is 32.2. The Morgan fingerprint density at radius 1 is 0.704 bits per heavy atom. The minimum Gasteiger partial charge on any atom is -0.453 e. The molecule has 27 heavy (non-hydrogen) atoms. The smallest absolute Gasteiger partial charge is 0.453 e. The maximum absolute atomic E-state index is 12.8. The first-order valence-electron chi connectivity index (χ1n) is 8.20. The number of rotatable bonds is 5. The monoisotopic (exact) mass is 391 g/mol. The zero-order chi connectivity index (χ0) is 19.5. The molecule has 0 aromatic heterocycles. The van der Waals surface area contributed by atoms with E-state index in [0.29, 0.717) is 6.92 Å². The quantitative estimate of drug-likeness (QED) is 0.464. The summed E-state index contributed by atoms with van der Waals surface area (Å²) in [6, 6.07) is 26.1. The van der Waals surface area contributed by atoms with Crippen LogP contribution in [-0.2, 0) is 10.9 Å². The standard InChI is InChI=1S/C21H18F3O2S/c1-20(25,21(22,23)24)26-16-12-14-19(15-13-16)27(17-8-4-2-5-9-17)18-10-6-3-7-11-18/h2-15,25H,1H3/q+1. The van der Waals surface area contributed by atoms with Crippen molar-refractivity contribution in [3.8, 4) is 5.75 Å². The van der Waals surface area contributed by atoms with Crippen LogP contribution in [0.5, 0.6) is 5.75 Å². The summed E-state index contributed by atoms with van der Waals surface area (Å²) in [7, 11) is -0.403. The second-order valence-corrected chi connectivity index (χ2v) is 8.01. The minimum absolute atomic E-state index is 0.0502. The van der Waals surface area contributed by atoms with E-state index in [1.165, 1.54) is 12.1 Å². The van der Waals surface area contributed by atoms with Crippen molar-refractivity contribution in [2.24, 2.45) is 0 Å². The van der Waals surface area contributed by atoms with Gasteiger partial charge in [-0.05, 0) is 48.5 Å². The molecule has 0 radical (unpaired) electrons.